The highest BCUT2D eigenvalue weighted by atomic mass is 19.1. The summed E-state index contributed by atoms with van der Waals surface area (Å²) in [5.74, 6) is -0.849. The molecule has 0 amide bonds. The Morgan fingerprint density at radius 2 is 2.28 bits per heavy atom. The van der Waals surface area contributed by atoms with Gasteiger partial charge in [-0.2, -0.15) is 0 Å². The molecule has 0 saturated carbocycles. The van der Waals surface area contributed by atoms with Crippen molar-refractivity contribution in [2.45, 2.75) is 31.9 Å². The third kappa shape index (κ3) is 3.00. The maximum Gasteiger partial charge on any atom is 0.165 e. The van der Waals surface area contributed by atoms with Crippen molar-refractivity contribution in [1.29, 1.82) is 0 Å². The van der Waals surface area contributed by atoms with Gasteiger partial charge in [-0.3, -0.25) is 4.90 Å². The highest BCUT2D eigenvalue weighted by Gasteiger charge is 2.30. The van der Waals surface area contributed by atoms with E-state index in [1.807, 2.05) is 0 Å². The lowest BCUT2D eigenvalue weighted by molar-refractivity contribution is -0.0527. The lowest BCUT2D eigenvalue weighted by Crippen LogP contribution is -2.46. The van der Waals surface area contributed by atoms with E-state index in [9.17, 15) is 4.39 Å². The van der Waals surface area contributed by atoms with Crippen LogP contribution >= 0.6 is 0 Å². The van der Waals surface area contributed by atoms with E-state index in [1.165, 1.54) is 12.1 Å². The molecule has 0 aromatic heterocycles. The molecule has 0 aliphatic carbocycles. The van der Waals surface area contributed by atoms with Crippen LogP contribution in [0.5, 0.6) is 5.75 Å². The van der Waals surface area contributed by atoms with Crippen LogP contribution in [0.4, 0.5) is 4.39 Å². The normalized spacial score (nSPS) is 25.3. The van der Waals surface area contributed by atoms with Crippen LogP contribution in [0, 0.1) is 5.82 Å². The molecule has 0 radical (unpaired) electrons. The van der Waals surface area contributed by atoms with Crippen molar-refractivity contribution < 1.29 is 14.2 Å². The molecular formula is C14H20FNO2. The van der Waals surface area contributed by atoms with Crippen LogP contribution in [0.25, 0.3) is 0 Å². The van der Waals surface area contributed by atoms with E-state index >= 15 is 0 Å². The van der Waals surface area contributed by atoms with Gasteiger partial charge in [0.2, 0.25) is 0 Å². The lowest BCUT2D eigenvalue weighted by atomic mass is 9.94. The van der Waals surface area contributed by atoms with Crippen LogP contribution < -0.4 is 0 Å². The van der Waals surface area contributed by atoms with Gasteiger partial charge in [0.1, 0.15) is 0 Å². The number of halogens is 1. The van der Waals surface area contributed by atoms with E-state index in [0.717, 1.165) is 31.5 Å². The third-order valence-electron chi connectivity index (χ3n) is 3.65. The summed E-state index contributed by atoms with van der Waals surface area (Å²) < 4.78 is 18.8. The molecule has 1 aliphatic rings. The maximum atomic E-state index is 13.3. The van der Waals surface area contributed by atoms with Crippen LogP contribution in [0.15, 0.2) is 18.2 Å². The summed E-state index contributed by atoms with van der Waals surface area (Å²) in [6, 6.07) is 4.56. The van der Waals surface area contributed by atoms with Gasteiger partial charge in [-0.25, -0.2) is 4.39 Å². The van der Waals surface area contributed by atoms with E-state index in [4.69, 9.17) is 9.84 Å². The summed E-state index contributed by atoms with van der Waals surface area (Å²) >= 11 is 0. The molecule has 0 spiro atoms. The molecule has 1 heterocycles. The number of phenols is 1. The number of rotatable bonds is 3. The smallest absolute Gasteiger partial charge is 0.165 e. The summed E-state index contributed by atoms with van der Waals surface area (Å²) in [4.78, 5) is 2.26. The number of hydrogen-bond acceptors (Lipinski definition) is 3. The molecule has 1 N–H and O–H groups in total. The zero-order valence-corrected chi connectivity index (χ0v) is 10.9. The van der Waals surface area contributed by atoms with Gasteiger partial charge < -0.3 is 9.84 Å². The van der Waals surface area contributed by atoms with E-state index in [0.29, 0.717) is 6.54 Å². The number of ether oxygens (including phenoxy) is 1. The zero-order valence-electron chi connectivity index (χ0n) is 10.9. The summed E-state index contributed by atoms with van der Waals surface area (Å²) in [7, 11) is 1.74. The Morgan fingerprint density at radius 1 is 1.50 bits per heavy atom. The van der Waals surface area contributed by atoms with Gasteiger partial charge in [0.15, 0.2) is 11.6 Å². The third-order valence-corrected chi connectivity index (χ3v) is 3.65. The van der Waals surface area contributed by atoms with Gasteiger partial charge in [0, 0.05) is 20.2 Å². The molecule has 0 bridgehead atoms. The molecule has 1 aromatic rings. The van der Waals surface area contributed by atoms with Gasteiger partial charge in [0.05, 0.1) is 5.60 Å². The number of likely N-dealkylation sites (tertiary alicyclic amines) is 1. The van der Waals surface area contributed by atoms with Crippen LogP contribution in [0.3, 0.4) is 0 Å². The summed E-state index contributed by atoms with van der Waals surface area (Å²) in [5, 5.41) is 9.16. The van der Waals surface area contributed by atoms with Gasteiger partial charge in [-0.15, -0.1) is 0 Å². The molecule has 18 heavy (non-hydrogen) atoms. The Bertz CT molecular complexity index is 424. The largest absolute Gasteiger partial charge is 0.505 e. The first-order valence-electron chi connectivity index (χ1n) is 6.27. The Morgan fingerprint density at radius 3 is 2.94 bits per heavy atom. The van der Waals surface area contributed by atoms with Crippen LogP contribution in [-0.2, 0) is 11.3 Å². The minimum absolute atomic E-state index is 0.103. The van der Waals surface area contributed by atoms with E-state index in [-0.39, 0.29) is 11.4 Å². The van der Waals surface area contributed by atoms with Crippen molar-refractivity contribution in [3.8, 4) is 5.75 Å². The molecule has 1 aliphatic heterocycles. The number of nitrogens with zero attached hydrogens (tertiary/aromatic N) is 1. The second kappa shape index (κ2) is 5.24. The van der Waals surface area contributed by atoms with Crippen LogP contribution in [-0.4, -0.2) is 35.8 Å². The average molecular weight is 253 g/mol. The van der Waals surface area contributed by atoms with E-state index in [1.54, 1.807) is 13.2 Å². The van der Waals surface area contributed by atoms with Crippen LogP contribution in [0.2, 0.25) is 0 Å². The van der Waals surface area contributed by atoms with Crippen molar-refractivity contribution in [1.82, 2.24) is 4.90 Å². The quantitative estimate of drug-likeness (QED) is 0.898. The van der Waals surface area contributed by atoms with Crippen molar-refractivity contribution in [3.05, 3.63) is 29.6 Å². The highest BCUT2D eigenvalue weighted by molar-refractivity contribution is 5.28. The Kier molecular flexibility index (Phi) is 3.88. The fourth-order valence-corrected chi connectivity index (χ4v) is 2.52. The number of piperidine rings is 1. The summed E-state index contributed by atoms with van der Waals surface area (Å²) in [6.07, 6.45) is 2.15. The zero-order chi connectivity index (χ0) is 13.2. The maximum absolute atomic E-state index is 13.3. The monoisotopic (exact) mass is 253 g/mol. The number of phenolic OH excluding ortho intramolecular Hbond substituents is 1. The minimum Gasteiger partial charge on any atom is -0.505 e. The number of hydrogen-bond donors (Lipinski definition) is 1. The number of methoxy groups -OCH3 is 1. The van der Waals surface area contributed by atoms with Gasteiger partial charge >= 0.3 is 0 Å². The fraction of sp³-hybridized carbons (Fsp3) is 0.571. The fourth-order valence-electron chi connectivity index (χ4n) is 2.52. The first-order valence-corrected chi connectivity index (χ1v) is 6.27. The molecule has 1 unspecified atom stereocenters. The Labute approximate surface area is 107 Å². The Balaban J connectivity index is 2.02. The number of benzene rings is 1. The van der Waals surface area contributed by atoms with Crippen molar-refractivity contribution >= 4 is 0 Å². The molecule has 3 nitrogen and oxygen atoms in total. The topological polar surface area (TPSA) is 32.7 Å². The van der Waals surface area contributed by atoms with Crippen LogP contribution in [0.1, 0.15) is 25.3 Å². The van der Waals surface area contributed by atoms with Gasteiger partial charge in [-0.05, 0) is 44.0 Å². The summed E-state index contributed by atoms with van der Waals surface area (Å²) in [5.41, 5.74) is 0.777. The first-order chi connectivity index (χ1) is 8.52. The van der Waals surface area contributed by atoms with E-state index in [2.05, 4.69) is 11.8 Å². The second-order valence-corrected chi connectivity index (χ2v) is 5.25. The van der Waals surface area contributed by atoms with Gasteiger partial charge in [-0.1, -0.05) is 6.07 Å². The summed E-state index contributed by atoms with van der Waals surface area (Å²) in [6.45, 7) is 4.65. The van der Waals surface area contributed by atoms with Crippen molar-refractivity contribution in [3.63, 3.8) is 0 Å². The molecule has 4 heteroatoms. The SMILES string of the molecule is COC1(C)CCCN(Cc2ccc(O)c(F)c2)C1. The standard InChI is InChI=1S/C14H20FNO2/c1-14(18-2)6-3-7-16(10-14)9-11-4-5-13(17)12(15)8-11/h4-5,8,17H,3,6-7,9-10H2,1-2H3. The molecule has 1 atom stereocenters. The number of aromatic hydroxyl groups is 1. The van der Waals surface area contributed by atoms with E-state index < -0.39 is 5.82 Å². The predicted molar refractivity (Wildman–Crippen MR) is 68.0 cm³/mol. The van der Waals surface area contributed by atoms with Crippen molar-refractivity contribution in [2.75, 3.05) is 20.2 Å². The molecule has 1 saturated heterocycles. The molecule has 1 fully saturated rings. The highest BCUT2D eigenvalue weighted by Crippen LogP contribution is 2.25. The molecular weight excluding hydrogens is 233 g/mol. The average Bonchev–Trinajstić information content (AvgIpc) is 2.34. The Hall–Kier alpha value is -1.13. The second-order valence-electron chi connectivity index (χ2n) is 5.25. The van der Waals surface area contributed by atoms with Crippen molar-refractivity contribution in [2.24, 2.45) is 0 Å². The first kappa shape index (κ1) is 13.3. The molecule has 100 valence electrons. The molecule has 2 rings (SSSR count). The lowest BCUT2D eigenvalue weighted by Gasteiger charge is -2.39. The minimum atomic E-state index is -0.556. The molecule has 1 aromatic carbocycles. The van der Waals surface area contributed by atoms with Gasteiger partial charge in [0.25, 0.3) is 0 Å². The predicted octanol–water partition coefficient (Wildman–Crippen LogP) is 2.53.